The Kier molecular flexibility index (Phi) is 6.37. The molecule has 0 spiro atoms. The standard InChI is InChI=1S/C24H23BrN6O5/c1-2-13-9-14(25)3-4-19(13)31-22(33)15(21(32)29-24(31)35)12-26-18-10-16-17(28-23(34)27-16)11-20(18)30-5-7-36-8-6-30/h3-4,9-12,33H,2,5-8H2,1H3,(H2,27,28,34)(H,29,32,35). The first kappa shape index (κ1) is 23.8. The maximum atomic E-state index is 12.7. The summed E-state index contributed by atoms with van der Waals surface area (Å²) in [5.74, 6) is -0.520. The predicted octanol–water partition coefficient (Wildman–Crippen LogP) is 2.31. The molecule has 1 aliphatic rings. The maximum Gasteiger partial charge on any atom is 0.335 e. The number of hydrogen-bond donors (Lipinski definition) is 4. The number of aromatic hydroxyl groups is 1. The SMILES string of the molecule is CCc1cc(Br)ccc1-n1c(O)c(C=Nc2cc3[nH]c(=O)[nH]c3cc2N2CCOCC2)c(=O)[nH]c1=O. The van der Waals surface area contributed by atoms with Crippen LogP contribution in [-0.2, 0) is 11.2 Å². The highest BCUT2D eigenvalue weighted by molar-refractivity contribution is 9.10. The Morgan fingerprint density at radius 3 is 2.50 bits per heavy atom. The van der Waals surface area contributed by atoms with Gasteiger partial charge in [0.1, 0.15) is 5.56 Å². The molecule has 5 rings (SSSR count). The van der Waals surface area contributed by atoms with E-state index in [1.165, 1.54) is 6.21 Å². The van der Waals surface area contributed by atoms with E-state index in [1.807, 2.05) is 19.1 Å². The lowest BCUT2D eigenvalue weighted by molar-refractivity contribution is 0.123. The van der Waals surface area contributed by atoms with Gasteiger partial charge in [0, 0.05) is 23.8 Å². The lowest BCUT2D eigenvalue weighted by atomic mass is 10.1. The molecule has 1 fully saturated rings. The first-order chi connectivity index (χ1) is 17.4. The zero-order chi connectivity index (χ0) is 25.4. The number of aromatic nitrogens is 4. The summed E-state index contributed by atoms with van der Waals surface area (Å²) in [6.07, 6.45) is 1.82. The molecule has 36 heavy (non-hydrogen) atoms. The van der Waals surface area contributed by atoms with Crippen LogP contribution in [0.3, 0.4) is 0 Å². The molecule has 1 aliphatic heterocycles. The van der Waals surface area contributed by atoms with Gasteiger partial charge in [-0.05, 0) is 42.3 Å². The first-order valence-corrected chi connectivity index (χ1v) is 12.1. The van der Waals surface area contributed by atoms with E-state index in [0.717, 1.165) is 20.3 Å². The molecule has 2 aromatic carbocycles. The van der Waals surface area contributed by atoms with E-state index in [0.29, 0.717) is 55.1 Å². The van der Waals surface area contributed by atoms with E-state index in [1.54, 1.807) is 18.2 Å². The minimum Gasteiger partial charge on any atom is -0.493 e. The van der Waals surface area contributed by atoms with E-state index in [4.69, 9.17) is 4.74 Å². The number of aryl methyl sites for hydroxylation is 1. The van der Waals surface area contributed by atoms with Crippen molar-refractivity contribution in [1.29, 1.82) is 0 Å². The average Bonchev–Trinajstić information content (AvgIpc) is 3.23. The van der Waals surface area contributed by atoms with Crippen LogP contribution in [-0.4, -0.2) is 57.1 Å². The minimum absolute atomic E-state index is 0.171. The number of anilines is 1. The molecule has 4 aromatic rings. The van der Waals surface area contributed by atoms with Crippen molar-refractivity contribution in [2.24, 2.45) is 4.99 Å². The second kappa shape index (κ2) is 9.63. The van der Waals surface area contributed by atoms with Crippen LogP contribution in [0.4, 0.5) is 11.4 Å². The highest BCUT2D eigenvalue weighted by Gasteiger charge is 2.19. The van der Waals surface area contributed by atoms with Crippen molar-refractivity contribution in [3.05, 3.63) is 77.3 Å². The number of aromatic amines is 3. The van der Waals surface area contributed by atoms with Gasteiger partial charge in [-0.15, -0.1) is 0 Å². The number of benzene rings is 2. The van der Waals surface area contributed by atoms with Crippen LogP contribution in [0.1, 0.15) is 18.1 Å². The fourth-order valence-corrected chi connectivity index (χ4v) is 4.70. The van der Waals surface area contributed by atoms with Gasteiger partial charge in [-0.25, -0.2) is 14.2 Å². The van der Waals surface area contributed by atoms with Gasteiger partial charge in [-0.3, -0.25) is 14.8 Å². The van der Waals surface area contributed by atoms with Crippen LogP contribution >= 0.6 is 15.9 Å². The molecule has 11 nitrogen and oxygen atoms in total. The third-order valence-electron chi connectivity index (χ3n) is 6.08. The predicted molar refractivity (Wildman–Crippen MR) is 141 cm³/mol. The molecular weight excluding hydrogens is 532 g/mol. The summed E-state index contributed by atoms with van der Waals surface area (Å²) in [5, 5.41) is 11.0. The second-order valence-electron chi connectivity index (χ2n) is 8.28. The van der Waals surface area contributed by atoms with Gasteiger partial charge in [0.05, 0.1) is 41.3 Å². The molecular formula is C24H23BrN6O5. The van der Waals surface area contributed by atoms with Crippen molar-refractivity contribution in [3.63, 3.8) is 0 Å². The zero-order valence-electron chi connectivity index (χ0n) is 19.3. The fourth-order valence-electron chi connectivity index (χ4n) is 4.29. The monoisotopic (exact) mass is 554 g/mol. The first-order valence-electron chi connectivity index (χ1n) is 11.4. The van der Waals surface area contributed by atoms with Crippen molar-refractivity contribution in [2.75, 3.05) is 31.2 Å². The number of fused-ring (bicyclic) bond motifs is 1. The Labute approximate surface area is 212 Å². The smallest absolute Gasteiger partial charge is 0.335 e. The molecule has 186 valence electrons. The molecule has 12 heteroatoms. The number of halogens is 1. The third kappa shape index (κ3) is 4.40. The van der Waals surface area contributed by atoms with E-state index in [9.17, 15) is 19.5 Å². The highest BCUT2D eigenvalue weighted by atomic mass is 79.9. The van der Waals surface area contributed by atoms with Crippen LogP contribution < -0.4 is 21.8 Å². The summed E-state index contributed by atoms with van der Waals surface area (Å²) >= 11 is 3.42. The molecule has 4 N–H and O–H groups in total. The van der Waals surface area contributed by atoms with Crippen LogP contribution in [0.5, 0.6) is 5.88 Å². The molecule has 0 amide bonds. The number of hydrogen-bond acceptors (Lipinski definition) is 7. The number of imidazole rings is 1. The summed E-state index contributed by atoms with van der Waals surface area (Å²) in [6.45, 7) is 4.27. The lowest BCUT2D eigenvalue weighted by Crippen LogP contribution is -2.36. The number of H-pyrrole nitrogens is 3. The molecule has 3 heterocycles. The van der Waals surface area contributed by atoms with Gasteiger partial charge >= 0.3 is 11.4 Å². The van der Waals surface area contributed by atoms with Gasteiger partial charge < -0.3 is 24.7 Å². The molecule has 0 atom stereocenters. The van der Waals surface area contributed by atoms with Gasteiger partial charge in [0.2, 0.25) is 5.88 Å². The summed E-state index contributed by atoms with van der Waals surface area (Å²) in [4.78, 5) is 51.5. The second-order valence-corrected chi connectivity index (χ2v) is 9.20. The van der Waals surface area contributed by atoms with Crippen molar-refractivity contribution in [1.82, 2.24) is 19.5 Å². The number of nitrogens with one attached hydrogen (secondary N) is 3. The Balaban J connectivity index is 1.64. The average molecular weight is 555 g/mol. The third-order valence-corrected chi connectivity index (χ3v) is 6.57. The van der Waals surface area contributed by atoms with Crippen molar-refractivity contribution in [2.45, 2.75) is 13.3 Å². The van der Waals surface area contributed by atoms with Crippen molar-refractivity contribution >= 4 is 44.6 Å². The quantitative estimate of drug-likeness (QED) is 0.278. The minimum atomic E-state index is -0.767. The number of morpholine rings is 1. The molecule has 0 aliphatic carbocycles. The van der Waals surface area contributed by atoms with Gasteiger partial charge in [0.25, 0.3) is 5.56 Å². The Hall–Kier alpha value is -3.90. The Bertz CT molecular complexity index is 1660. The number of rotatable bonds is 5. The lowest BCUT2D eigenvalue weighted by Gasteiger charge is -2.29. The van der Waals surface area contributed by atoms with Crippen LogP contribution in [0.25, 0.3) is 16.7 Å². The van der Waals surface area contributed by atoms with Gasteiger partial charge in [-0.2, -0.15) is 0 Å². The van der Waals surface area contributed by atoms with E-state index >= 15 is 0 Å². The van der Waals surface area contributed by atoms with Crippen molar-refractivity contribution in [3.8, 4) is 11.6 Å². The fraction of sp³-hybridized carbons (Fsp3) is 0.250. The number of nitrogens with zero attached hydrogens (tertiary/aromatic N) is 3. The van der Waals surface area contributed by atoms with Crippen LogP contribution in [0.15, 0.2) is 54.2 Å². The zero-order valence-corrected chi connectivity index (χ0v) is 20.9. The Morgan fingerprint density at radius 1 is 1.06 bits per heavy atom. The van der Waals surface area contributed by atoms with Gasteiger partial charge in [-0.1, -0.05) is 22.9 Å². The molecule has 1 saturated heterocycles. The highest BCUT2D eigenvalue weighted by Crippen LogP contribution is 2.33. The molecule has 2 aromatic heterocycles. The summed E-state index contributed by atoms with van der Waals surface area (Å²) in [5.41, 5.74) is 1.60. The topological polar surface area (TPSA) is 149 Å². The maximum absolute atomic E-state index is 12.7. The normalized spacial score (nSPS) is 14.2. The van der Waals surface area contributed by atoms with Crippen LogP contribution in [0.2, 0.25) is 0 Å². The molecule has 0 bridgehead atoms. The summed E-state index contributed by atoms with van der Waals surface area (Å²) < 4.78 is 7.34. The van der Waals surface area contributed by atoms with Crippen LogP contribution in [0, 0.1) is 0 Å². The number of ether oxygens (including phenoxy) is 1. The Morgan fingerprint density at radius 2 is 1.78 bits per heavy atom. The van der Waals surface area contributed by atoms with E-state index < -0.39 is 17.1 Å². The molecule has 0 saturated carbocycles. The van der Waals surface area contributed by atoms with Crippen molar-refractivity contribution < 1.29 is 9.84 Å². The molecule has 0 radical (unpaired) electrons. The number of aliphatic imine (C=N–C) groups is 1. The van der Waals surface area contributed by atoms with E-state index in [2.05, 4.69) is 40.8 Å². The summed E-state index contributed by atoms with van der Waals surface area (Å²) in [6, 6.07) is 8.80. The summed E-state index contributed by atoms with van der Waals surface area (Å²) in [7, 11) is 0. The molecule has 0 unspecified atom stereocenters. The largest absolute Gasteiger partial charge is 0.493 e. The van der Waals surface area contributed by atoms with E-state index in [-0.39, 0.29) is 11.3 Å². The van der Waals surface area contributed by atoms with Gasteiger partial charge in [0.15, 0.2) is 0 Å².